The summed E-state index contributed by atoms with van der Waals surface area (Å²) in [6.45, 7) is 3.43. The summed E-state index contributed by atoms with van der Waals surface area (Å²) in [5.74, 6) is 5.35. The molecule has 0 saturated carbocycles. The quantitative estimate of drug-likeness (QED) is 0.817. The Morgan fingerprint density at radius 1 is 1.35 bits per heavy atom. The van der Waals surface area contributed by atoms with Gasteiger partial charge in [0.15, 0.2) is 0 Å². The van der Waals surface area contributed by atoms with Gasteiger partial charge in [-0.05, 0) is 37.6 Å². The van der Waals surface area contributed by atoms with Crippen LogP contribution in [-0.2, 0) is 0 Å². The summed E-state index contributed by atoms with van der Waals surface area (Å²) in [4.78, 5) is 12.1. The van der Waals surface area contributed by atoms with Crippen molar-refractivity contribution >= 4 is 11.8 Å². The van der Waals surface area contributed by atoms with Crippen molar-refractivity contribution in [2.24, 2.45) is 0 Å². The second-order valence-corrected chi connectivity index (χ2v) is 4.33. The molecule has 0 radical (unpaired) electrons. The molecule has 2 N–H and O–H groups in total. The van der Waals surface area contributed by atoms with E-state index in [-0.39, 0.29) is 12.5 Å². The van der Waals surface area contributed by atoms with E-state index >= 15 is 0 Å². The predicted molar refractivity (Wildman–Crippen MR) is 74.3 cm³/mol. The first-order valence-corrected chi connectivity index (χ1v) is 6.04. The lowest BCUT2D eigenvalue weighted by Gasteiger charge is -2.03. The molecule has 1 aromatic heterocycles. The highest BCUT2D eigenvalue weighted by Gasteiger charge is 2.10. The Morgan fingerprint density at radius 2 is 2.15 bits per heavy atom. The molecule has 1 amide bonds. The number of rotatable bonds is 2. The van der Waals surface area contributed by atoms with E-state index in [2.05, 4.69) is 22.3 Å². The molecule has 0 fully saturated rings. The van der Waals surface area contributed by atoms with Crippen LogP contribution in [0, 0.1) is 25.7 Å². The van der Waals surface area contributed by atoms with E-state index in [1.54, 1.807) is 25.1 Å². The van der Waals surface area contributed by atoms with Crippen molar-refractivity contribution in [1.29, 1.82) is 0 Å². The van der Waals surface area contributed by atoms with Gasteiger partial charge in [-0.3, -0.25) is 10.1 Å². The number of amides is 1. The Morgan fingerprint density at radius 3 is 2.80 bits per heavy atom. The average Bonchev–Trinajstić information content (AvgIpc) is 2.81. The Balaban J connectivity index is 2.23. The molecule has 2 aromatic rings. The number of hydrogen-bond acceptors (Lipinski definition) is 4. The summed E-state index contributed by atoms with van der Waals surface area (Å²) in [7, 11) is 0. The summed E-state index contributed by atoms with van der Waals surface area (Å²) in [6.07, 6.45) is 0. The fraction of sp³-hybridized carbons (Fsp3) is 0.200. The molecule has 0 aliphatic heterocycles. The number of nitrogens with zero attached hydrogens (tertiary/aromatic N) is 1. The summed E-state index contributed by atoms with van der Waals surface area (Å²) in [5.41, 5.74) is 2.76. The topological polar surface area (TPSA) is 75.4 Å². The largest absolute Gasteiger partial charge is 0.384 e. The molecule has 1 aromatic carbocycles. The van der Waals surface area contributed by atoms with E-state index in [4.69, 9.17) is 9.63 Å². The molecule has 20 heavy (non-hydrogen) atoms. The average molecular weight is 270 g/mol. The minimum Gasteiger partial charge on any atom is -0.384 e. The molecular formula is C15H14N2O3. The highest BCUT2D eigenvalue weighted by Crippen LogP contribution is 2.13. The number of hydrogen-bond donors (Lipinski definition) is 2. The Bertz CT molecular complexity index is 693. The first-order chi connectivity index (χ1) is 9.58. The number of carbonyl (C=O) groups is 1. The molecule has 5 heteroatoms. The molecule has 5 nitrogen and oxygen atoms in total. The third-order valence-corrected chi connectivity index (χ3v) is 2.52. The summed E-state index contributed by atoms with van der Waals surface area (Å²) >= 11 is 0. The fourth-order valence-electron chi connectivity index (χ4n) is 1.73. The SMILES string of the molecule is Cc1cc(C#CCO)cc(C(=O)Nc2cc(C)no2)c1. The third-order valence-electron chi connectivity index (χ3n) is 2.52. The Kier molecular flexibility index (Phi) is 4.18. The highest BCUT2D eigenvalue weighted by molar-refractivity contribution is 6.03. The number of aromatic nitrogens is 1. The van der Waals surface area contributed by atoms with Gasteiger partial charge < -0.3 is 9.63 Å². The fourth-order valence-corrected chi connectivity index (χ4v) is 1.73. The van der Waals surface area contributed by atoms with E-state index in [1.165, 1.54) is 0 Å². The van der Waals surface area contributed by atoms with Crippen LogP contribution < -0.4 is 5.32 Å². The molecule has 1 heterocycles. The summed E-state index contributed by atoms with van der Waals surface area (Å²) in [5, 5.41) is 15.0. The van der Waals surface area contributed by atoms with Gasteiger partial charge in [0.2, 0.25) is 5.88 Å². The molecule has 0 saturated heterocycles. The van der Waals surface area contributed by atoms with Crippen molar-refractivity contribution in [3.8, 4) is 11.8 Å². The van der Waals surface area contributed by atoms with Crippen molar-refractivity contribution < 1.29 is 14.4 Å². The van der Waals surface area contributed by atoms with Crippen molar-refractivity contribution in [2.45, 2.75) is 13.8 Å². The monoisotopic (exact) mass is 270 g/mol. The van der Waals surface area contributed by atoms with Gasteiger partial charge in [-0.25, -0.2) is 0 Å². The van der Waals surface area contributed by atoms with E-state index in [1.807, 2.05) is 13.0 Å². The molecule has 2 rings (SSSR count). The van der Waals surface area contributed by atoms with Gasteiger partial charge >= 0.3 is 0 Å². The van der Waals surface area contributed by atoms with Crippen molar-refractivity contribution in [2.75, 3.05) is 11.9 Å². The van der Waals surface area contributed by atoms with Crippen LogP contribution in [0.15, 0.2) is 28.8 Å². The number of aliphatic hydroxyl groups excluding tert-OH is 1. The maximum Gasteiger partial charge on any atom is 0.258 e. The standard InChI is InChI=1S/C15H14N2O3/c1-10-6-12(4-3-5-18)9-13(7-10)15(19)16-14-8-11(2)17-20-14/h6-9,18H,5H2,1-2H3,(H,16,19). The maximum absolute atomic E-state index is 12.1. The van der Waals surface area contributed by atoms with Gasteiger partial charge in [0, 0.05) is 17.2 Å². The maximum atomic E-state index is 12.1. The van der Waals surface area contributed by atoms with Gasteiger partial charge in [-0.2, -0.15) is 0 Å². The minimum atomic E-state index is -0.295. The van der Waals surface area contributed by atoms with Crippen LogP contribution in [0.25, 0.3) is 0 Å². The molecule has 0 unspecified atom stereocenters. The van der Waals surface area contributed by atoms with Gasteiger partial charge in [0.1, 0.15) is 6.61 Å². The van der Waals surface area contributed by atoms with E-state index in [0.29, 0.717) is 22.7 Å². The van der Waals surface area contributed by atoms with Crippen molar-refractivity contribution in [1.82, 2.24) is 5.16 Å². The van der Waals surface area contributed by atoms with Gasteiger partial charge in [-0.15, -0.1) is 0 Å². The van der Waals surface area contributed by atoms with Gasteiger partial charge in [0.25, 0.3) is 5.91 Å². The molecular weight excluding hydrogens is 256 g/mol. The first-order valence-electron chi connectivity index (χ1n) is 6.04. The number of carbonyl (C=O) groups excluding carboxylic acids is 1. The normalized spacial score (nSPS) is 9.75. The predicted octanol–water partition coefficient (Wildman–Crippen LogP) is 1.89. The molecule has 0 bridgehead atoms. The van der Waals surface area contributed by atoms with E-state index in [0.717, 1.165) is 5.56 Å². The van der Waals surface area contributed by atoms with Crippen LogP contribution in [-0.4, -0.2) is 22.8 Å². The van der Waals surface area contributed by atoms with Crippen LogP contribution in [0.1, 0.15) is 27.2 Å². The lowest BCUT2D eigenvalue weighted by Crippen LogP contribution is -2.11. The summed E-state index contributed by atoms with van der Waals surface area (Å²) < 4.78 is 4.94. The van der Waals surface area contributed by atoms with Crippen molar-refractivity contribution in [3.63, 3.8) is 0 Å². The zero-order chi connectivity index (χ0) is 14.5. The summed E-state index contributed by atoms with van der Waals surface area (Å²) in [6, 6.07) is 6.90. The number of aliphatic hydroxyl groups is 1. The number of anilines is 1. The number of nitrogens with one attached hydrogen (secondary N) is 1. The number of aryl methyl sites for hydroxylation is 2. The zero-order valence-electron chi connectivity index (χ0n) is 11.2. The zero-order valence-corrected chi connectivity index (χ0v) is 11.2. The molecule has 0 aliphatic carbocycles. The van der Waals surface area contributed by atoms with Gasteiger partial charge in [0.05, 0.1) is 5.69 Å². The number of benzene rings is 1. The lowest BCUT2D eigenvalue weighted by atomic mass is 10.1. The third kappa shape index (κ3) is 3.46. The van der Waals surface area contributed by atoms with Crippen LogP contribution in [0.5, 0.6) is 0 Å². The lowest BCUT2D eigenvalue weighted by molar-refractivity contribution is 0.102. The van der Waals surface area contributed by atoms with Crippen LogP contribution in [0.3, 0.4) is 0 Å². The van der Waals surface area contributed by atoms with Crippen LogP contribution in [0.2, 0.25) is 0 Å². The minimum absolute atomic E-state index is 0.215. The second kappa shape index (κ2) is 6.04. The van der Waals surface area contributed by atoms with E-state index < -0.39 is 0 Å². The van der Waals surface area contributed by atoms with Gasteiger partial charge in [-0.1, -0.05) is 17.0 Å². The highest BCUT2D eigenvalue weighted by atomic mass is 16.5. The first kappa shape index (κ1) is 13.8. The second-order valence-electron chi connectivity index (χ2n) is 4.33. The Hall–Kier alpha value is -2.58. The van der Waals surface area contributed by atoms with Crippen LogP contribution in [0.4, 0.5) is 5.88 Å². The molecule has 102 valence electrons. The smallest absolute Gasteiger partial charge is 0.258 e. The van der Waals surface area contributed by atoms with Crippen LogP contribution >= 0.6 is 0 Å². The molecule has 0 aliphatic rings. The van der Waals surface area contributed by atoms with E-state index in [9.17, 15) is 4.79 Å². The Labute approximate surface area is 116 Å². The molecule has 0 atom stereocenters. The van der Waals surface area contributed by atoms with Crippen molar-refractivity contribution in [3.05, 3.63) is 46.6 Å². The molecule has 0 spiro atoms.